The van der Waals surface area contributed by atoms with Crippen molar-refractivity contribution in [2.75, 3.05) is 10.1 Å². The van der Waals surface area contributed by atoms with Crippen molar-refractivity contribution in [1.82, 2.24) is 0 Å². The number of carboxylic acids is 1. The Morgan fingerprint density at radius 1 is 1.25 bits per heavy atom. The summed E-state index contributed by atoms with van der Waals surface area (Å²) in [6.45, 7) is 0. The highest BCUT2D eigenvalue weighted by atomic mass is 32.2. The van der Waals surface area contributed by atoms with E-state index >= 15 is 0 Å². The lowest BCUT2D eigenvalue weighted by Crippen LogP contribution is -2.42. The fourth-order valence-corrected chi connectivity index (χ4v) is 3.62. The van der Waals surface area contributed by atoms with Crippen molar-refractivity contribution >= 4 is 57.5 Å². The van der Waals surface area contributed by atoms with E-state index in [0.29, 0.717) is 11.2 Å². The molecule has 0 fully saturated rings. The molecule has 1 aromatic heterocycles. The van der Waals surface area contributed by atoms with E-state index in [9.17, 15) is 18.7 Å². The van der Waals surface area contributed by atoms with Crippen molar-refractivity contribution in [3.8, 4) is 0 Å². The van der Waals surface area contributed by atoms with Gasteiger partial charge in [0.1, 0.15) is 17.2 Å². The van der Waals surface area contributed by atoms with Gasteiger partial charge in [0.15, 0.2) is 0 Å². The molecule has 0 saturated carbocycles. The predicted molar refractivity (Wildman–Crippen MR) is 95.0 cm³/mol. The van der Waals surface area contributed by atoms with Crippen LogP contribution in [0.2, 0.25) is 0 Å². The molecule has 3 aromatic rings. The van der Waals surface area contributed by atoms with E-state index in [-0.39, 0.29) is 17.9 Å². The second-order valence-electron chi connectivity index (χ2n) is 5.19. The predicted octanol–water partition coefficient (Wildman–Crippen LogP) is 2.96. The molecular formula is C16H14NO5S2-. The summed E-state index contributed by atoms with van der Waals surface area (Å²) >= 11 is 1.29. The van der Waals surface area contributed by atoms with Gasteiger partial charge in [-0.25, -0.2) is 4.79 Å². The van der Waals surface area contributed by atoms with Crippen molar-refractivity contribution in [3.05, 3.63) is 42.5 Å². The van der Waals surface area contributed by atoms with Gasteiger partial charge in [-0.3, -0.25) is 8.51 Å². The van der Waals surface area contributed by atoms with Crippen molar-refractivity contribution in [1.29, 1.82) is 0 Å². The molecule has 126 valence electrons. The first-order valence-electron chi connectivity index (χ1n) is 7.16. The number of rotatable bonds is 6. The van der Waals surface area contributed by atoms with E-state index in [0.717, 1.165) is 15.1 Å². The summed E-state index contributed by atoms with van der Waals surface area (Å²) in [5, 5.41) is 10.9. The maximum Gasteiger partial charge on any atom is 0.327 e. The summed E-state index contributed by atoms with van der Waals surface area (Å²) in [4.78, 5) is 11.5. The number of hydrogen-bond acceptors (Lipinski definition) is 5. The number of anilines is 1. The Bertz CT molecular complexity index is 923. The highest BCUT2D eigenvalue weighted by Crippen LogP contribution is 2.32. The topological polar surface area (TPSA) is 93.8 Å². The van der Waals surface area contributed by atoms with Crippen LogP contribution in [0.25, 0.3) is 21.9 Å². The number of benzene rings is 2. The van der Waals surface area contributed by atoms with Crippen LogP contribution in [0.3, 0.4) is 0 Å². The molecular weight excluding hydrogens is 350 g/mol. The number of aliphatic carboxylic acids is 1. The molecule has 0 aliphatic carbocycles. The van der Waals surface area contributed by atoms with Gasteiger partial charge in [0.25, 0.3) is 0 Å². The molecule has 2 atom stereocenters. The summed E-state index contributed by atoms with van der Waals surface area (Å²) in [7, 11) is 0. The zero-order valence-corrected chi connectivity index (χ0v) is 14.1. The molecule has 8 heteroatoms. The number of carbonyl (C=O) groups is 1. The van der Waals surface area contributed by atoms with Gasteiger partial charge in [0, 0.05) is 22.0 Å². The number of fused-ring (bicyclic) bond motifs is 3. The summed E-state index contributed by atoms with van der Waals surface area (Å²) < 4.78 is 29.9. The van der Waals surface area contributed by atoms with Gasteiger partial charge in [0.2, 0.25) is 0 Å². The van der Waals surface area contributed by atoms with Crippen LogP contribution in [0.15, 0.2) is 46.9 Å². The van der Waals surface area contributed by atoms with E-state index in [2.05, 4.69) is 12.6 Å². The maximum absolute atomic E-state index is 11.7. The number of nitrogens with zero attached hydrogens (tertiary/aromatic N) is 1. The third-order valence-corrected chi connectivity index (χ3v) is 4.79. The van der Waals surface area contributed by atoms with Crippen molar-refractivity contribution in [3.63, 3.8) is 0 Å². The van der Waals surface area contributed by atoms with Crippen LogP contribution in [0, 0.1) is 0 Å². The first-order chi connectivity index (χ1) is 11.5. The van der Waals surface area contributed by atoms with Gasteiger partial charge < -0.3 is 14.1 Å². The second-order valence-corrected chi connectivity index (χ2v) is 6.46. The third kappa shape index (κ3) is 3.00. The first kappa shape index (κ1) is 16.8. The quantitative estimate of drug-likeness (QED) is 0.518. The Morgan fingerprint density at radius 2 is 1.96 bits per heavy atom. The maximum atomic E-state index is 11.7. The molecule has 6 nitrogen and oxygen atoms in total. The SMILES string of the molecule is O=C(O)C(CCS)N(c1ccc2oc3ccccc3c2c1)S(=O)[O-]. The average molecular weight is 364 g/mol. The number of para-hydroxylation sites is 1. The molecule has 2 unspecified atom stereocenters. The minimum Gasteiger partial charge on any atom is -0.755 e. The fourth-order valence-electron chi connectivity index (χ4n) is 2.68. The van der Waals surface area contributed by atoms with Gasteiger partial charge in [-0.05, 0) is 36.4 Å². The molecule has 0 saturated heterocycles. The molecule has 1 N–H and O–H groups in total. The number of thiol groups is 1. The van der Waals surface area contributed by atoms with Gasteiger partial charge in [-0.15, -0.1) is 0 Å². The lowest BCUT2D eigenvalue weighted by molar-refractivity contribution is -0.138. The second kappa shape index (κ2) is 6.84. The normalized spacial score (nSPS) is 13.9. The average Bonchev–Trinajstić information content (AvgIpc) is 2.92. The Balaban J connectivity index is 2.15. The van der Waals surface area contributed by atoms with Crippen LogP contribution in [0.5, 0.6) is 0 Å². The number of hydrogen-bond donors (Lipinski definition) is 2. The third-order valence-electron chi connectivity index (χ3n) is 3.75. The molecule has 0 amide bonds. The summed E-state index contributed by atoms with van der Waals surface area (Å²) in [5.41, 5.74) is 1.57. The van der Waals surface area contributed by atoms with E-state index in [1.54, 1.807) is 12.1 Å². The standard InChI is InChI=1S/C16H15NO5S2/c18-16(19)13(7-8-23)17(24(20)21)10-5-6-15-12(9-10)11-3-1-2-4-14(11)22-15/h1-6,9,13,23H,7-8H2,(H,18,19)(H,20,21)/p-1. The summed E-state index contributed by atoms with van der Waals surface area (Å²) in [6.07, 6.45) is 0.0938. The zero-order valence-electron chi connectivity index (χ0n) is 12.4. The molecule has 2 aromatic carbocycles. The summed E-state index contributed by atoms with van der Waals surface area (Å²) in [6, 6.07) is 11.0. The lowest BCUT2D eigenvalue weighted by atomic mass is 10.1. The fraction of sp³-hybridized carbons (Fsp3) is 0.188. The molecule has 3 rings (SSSR count). The van der Waals surface area contributed by atoms with Crippen LogP contribution in [-0.4, -0.2) is 31.6 Å². The lowest BCUT2D eigenvalue weighted by Gasteiger charge is -2.31. The Labute approximate surface area is 145 Å². The van der Waals surface area contributed by atoms with Crippen molar-refractivity contribution in [2.24, 2.45) is 0 Å². The molecule has 0 spiro atoms. The molecule has 0 radical (unpaired) electrons. The van der Waals surface area contributed by atoms with E-state index in [1.807, 2.05) is 24.3 Å². The Morgan fingerprint density at radius 3 is 2.62 bits per heavy atom. The molecule has 1 heterocycles. The van der Waals surface area contributed by atoms with Crippen molar-refractivity contribution in [2.45, 2.75) is 12.5 Å². The highest BCUT2D eigenvalue weighted by molar-refractivity contribution is 7.80. The smallest absolute Gasteiger partial charge is 0.327 e. The Kier molecular flexibility index (Phi) is 4.79. The van der Waals surface area contributed by atoms with Gasteiger partial charge in [-0.2, -0.15) is 12.6 Å². The van der Waals surface area contributed by atoms with Crippen LogP contribution >= 0.6 is 12.6 Å². The number of furan rings is 1. The first-order valence-corrected chi connectivity index (χ1v) is 8.83. The molecule has 0 aliphatic rings. The number of carboxylic acid groups (broad SMARTS) is 1. The van der Waals surface area contributed by atoms with Crippen LogP contribution in [0.4, 0.5) is 5.69 Å². The van der Waals surface area contributed by atoms with Gasteiger partial charge in [0.05, 0.1) is 5.69 Å². The monoisotopic (exact) mass is 364 g/mol. The minimum absolute atomic E-state index is 0.0938. The van der Waals surface area contributed by atoms with E-state index < -0.39 is 23.3 Å². The molecule has 24 heavy (non-hydrogen) atoms. The molecule has 0 bridgehead atoms. The van der Waals surface area contributed by atoms with Crippen LogP contribution < -0.4 is 4.31 Å². The largest absolute Gasteiger partial charge is 0.755 e. The highest BCUT2D eigenvalue weighted by Gasteiger charge is 2.27. The van der Waals surface area contributed by atoms with Crippen LogP contribution in [0.1, 0.15) is 6.42 Å². The Hall–Kier alpha value is -2.03. The zero-order chi connectivity index (χ0) is 17.3. The minimum atomic E-state index is -2.73. The van der Waals surface area contributed by atoms with Crippen molar-refractivity contribution < 1.29 is 23.1 Å². The van der Waals surface area contributed by atoms with Gasteiger partial charge in [-0.1, -0.05) is 18.2 Å². The van der Waals surface area contributed by atoms with Gasteiger partial charge >= 0.3 is 5.97 Å². The molecule has 0 aliphatic heterocycles. The van der Waals surface area contributed by atoms with E-state index in [4.69, 9.17) is 4.42 Å². The summed E-state index contributed by atoms with van der Waals surface area (Å²) in [5.74, 6) is -0.966. The van der Waals surface area contributed by atoms with Crippen LogP contribution in [-0.2, 0) is 16.1 Å². The van der Waals surface area contributed by atoms with E-state index in [1.165, 1.54) is 6.07 Å².